The molecule has 0 saturated carbocycles. The van der Waals surface area contributed by atoms with E-state index in [1.54, 1.807) is 11.3 Å². The summed E-state index contributed by atoms with van der Waals surface area (Å²) in [5.41, 5.74) is 2.30. The Labute approximate surface area is 104 Å². The molecule has 1 aliphatic rings. The number of benzene rings is 1. The molecule has 88 valence electrons. The number of halogens is 1. The Morgan fingerprint density at radius 3 is 2.88 bits per heavy atom. The Morgan fingerprint density at radius 1 is 1.35 bits per heavy atom. The molecule has 2 aromatic rings. The molecule has 0 saturated heterocycles. The normalized spacial score (nSPS) is 19.1. The maximum Gasteiger partial charge on any atom is 0.123 e. The van der Waals surface area contributed by atoms with Crippen molar-refractivity contribution < 1.29 is 4.39 Å². The highest BCUT2D eigenvalue weighted by Crippen LogP contribution is 2.32. The first-order chi connectivity index (χ1) is 8.24. The van der Waals surface area contributed by atoms with Crippen molar-refractivity contribution in [1.29, 1.82) is 0 Å². The number of thiazole rings is 1. The largest absolute Gasteiger partial charge is 0.305 e. The van der Waals surface area contributed by atoms with Crippen molar-refractivity contribution in [2.75, 3.05) is 6.54 Å². The second-order valence-electron chi connectivity index (χ2n) is 4.23. The van der Waals surface area contributed by atoms with Gasteiger partial charge in [0.15, 0.2) is 0 Å². The molecular formula is C13H13FN2S. The number of fused-ring (bicyclic) bond motifs is 1. The van der Waals surface area contributed by atoms with Crippen LogP contribution < -0.4 is 5.32 Å². The van der Waals surface area contributed by atoms with Crippen molar-refractivity contribution >= 4 is 11.3 Å². The Morgan fingerprint density at radius 2 is 2.12 bits per heavy atom. The van der Waals surface area contributed by atoms with Crippen LogP contribution in [0, 0.1) is 12.7 Å². The third-order valence-electron chi connectivity index (χ3n) is 3.01. The number of rotatable bonds is 1. The van der Waals surface area contributed by atoms with Gasteiger partial charge in [-0.2, -0.15) is 0 Å². The number of aromatic nitrogens is 1. The quantitative estimate of drug-likeness (QED) is 0.839. The maximum absolute atomic E-state index is 12.9. The highest BCUT2D eigenvalue weighted by atomic mass is 32.1. The summed E-state index contributed by atoms with van der Waals surface area (Å²) in [7, 11) is 0. The van der Waals surface area contributed by atoms with Crippen molar-refractivity contribution in [3.63, 3.8) is 0 Å². The van der Waals surface area contributed by atoms with Crippen LogP contribution in [0.1, 0.15) is 27.2 Å². The molecule has 1 aromatic heterocycles. The molecule has 0 fully saturated rings. The lowest BCUT2D eigenvalue weighted by atomic mass is 10.00. The summed E-state index contributed by atoms with van der Waals surface area (Å²) in [5, 5.41) is 4.57. The van der Waals surface area contributed by atoms with Gasteiger partial charge in [-0.3, -0.25) is 0 Å². The predicted octanol–water partition coefficient (Wildman–Crippen LogP) is 2.83. The van der Waals surface area contributed by atoms with E-state index in [1.807, 2.05) is 19.1 Å². The van der Waals surface area contributed by atoms with Crippen molar-refractivity contribution in [2.24, 2.45) is 0 Å². The molecule has 0 radical (unpaired) electrons. The molecule has 0 bridgehead atoms. The number of hydrogen-bond donors (Lipinski definition) is 1. The number of nitrogens with one attached hydrogen (secondary N) is 1. The van der Waals surface area contributed by atoms with Crippen LogP contribution in [0.2, 0.25) is 0 Å². The summed E-state index contributed by atoms with van der Waals surface area (Å²) in [4.78, 5) is 5.83. The van der Waals surface area contributed by atoms with Gasteiger partial charge in [0.1, 0.15) is 5.82 Å². The highest BCUT2D eigenvalue weighted by Gasteiger charge is 2.24. The minimum Gasteiger partial charge on any atom is -0.305 e. The molecule has 17 heavy (non-hydrogen) atoms. The van der Waals surface area contributed by atoms with Crippen LogP contribution in [0.15, 0.2) is 24.3 Å². The Bertz CT molecular complexity index is 533. The minimum absolute atomic E-state index is 0.172. The van der Waals surface area contributed by atoms with Crippen molar-refractivity contribution in [1.82, 2.24) is 10.3 Å². The van der Waals surface area contributed by atoms with Gasteiger partial charge in [0, 0.05) is 17.8 Å². The zero-order valence-electron chi connectivity index (χ0n) is 9.53. The molecule has 3 rings (SSSR count). The fraction of sp³-hybridized carbons (Fsp3) is 0.308. The van der Waals surface area contributed by atoms with E-state index in [0.717, 1.165) is 23.5 Å². The summed E-state index contributed by atoms with van der Waals surface area (Å²) >= 11 is 1.73. The maximum atomic E-state index is 12.9. The molecule has 0 aliphatic carbocycles. The van der Waals surface area contributed by atoms with Gasteiger partial charge in [0.25, 0.3) is 0 Å². The molecule has 1 atom stereocenters. The van der Waals surface area contributed by atoms with Crippen LogP contribution in [0.3, 0.4) is 0 Å². The average Bonchev–Trinajstić information content (AvgIpc) is 2.70. The summed E-state index contributed by atoms with van der Waals surface area (Å²) in [6, 6.07) is 6.89. The van der Waals surface area contributed by atoms with Gasteiger partial charge in [-0.1, -0.05) is 12.1 Å². The van der Waals surface area contributed by atoms with Gasteiger partial charge in [0.2, 0.25) is 0 Å². The van der Waals surface area contributed by atoms with E-state index in [2.05, 4.69) is 10.3 Å². The lowest BCUT2D eigenvalue weighted by Crippen LogP contribution is -2.29. The standard InChI is InChI=1S/C13H13FN2S/c1-8-16-11-6-7-15-12(13(11)17-8)9-2-4-10(14)5-3-9/h2-5,12,15H,6-7H2,1H3. The van der Waals surface area contributed by atoms with Crippen LogP contribution in [-0.4, -0.2) is 11.5 Å². The molecule has 1 unspecified atom stereocenters. The number of hydrogen-bond acceptors (Lipinski definition) is 3. The predicted molar refractivity (Wildman–Crippen MR) is 66.8 cm³/mol. The smallest absolute Gasteiger partial charge is 0.123 e. The van der Waals surface area contributed by atoms with Crippen molar-refractivity contribution in [2.45, 2.75) is 19.4 Å². The average molecular weight is 248 g/mol. The van der Waals surface area contributed by atoms with Gasteiger partial charge in [-0.25, -0.2) is 9.37 Å². The second kappa shape index (κ2) is 4.20. The Balaban J connectivity index is 2.02. The molecule has 1 aromatic carbocycles. The molecule has 1 aliphatic heterocycles. The number of aryl methyl sites for hydroxylation is 1. The first-order valence-corrected chi connectivity index (χ1v) is 6.51. The fourth-order valence-electron chi connectivity index (χ4n) is 2.24. The molecule has 2 heterocycles. The summed E-state index contributed by atoms with van der Waals surface area (Å²) in [6.45, 7) is 2.96. The minimum atomic E-state index is -0.190. The first-order valence-electron chi connectivity index (χ1n) is 5.69. The van der Waals surface area contributed by atoms with Crippen molar-refractivity contribution in [3.05, 3.63) is 51.2 Å². The fourth-order valence-corrected chi connectivity index (χ4v) is 3.32. The topological polar surface area (TPSA) is 24.9 Å². The van der Waals surface area contributed by atoms with Crippen LogP contribution in [0.25, 0.3) is 0 Å². The van der Waals surface area contributed by atoms with E-state index in [0.29, 0.717) is 0 Å². The first kappa shape index (κ1) is 10.9. The third kappa shape index (κ3) is 1.98. The van der Waals surface area contributed by atoms with Gasteiger partial charge >= 0.3 is 0 Å². The molecule has 4 heteroatoms. The van der Waals surface area contributed by atoms with E-state index < -0.39 is 0 Å². The summed E-state index contributed by atoms with van der Waals surface area (Å²) in [5.74, 6) is -0.190. The van der Waals surface area contributed by atoms with E-state index >= 15 is 0 Å². The van der Waals surface area contributed by atoms with E-state index in [-0.39, 0.29) is 11.9 Å². The second-order valence-corrected chi connectivity index (χ2v) is 5.47. The van der Waals surface area contributed by atoms with Crippen LogP contribution >= 0.6 is 11.3 Å². The van der Waals surface area contributed by atoms with Gasteiger partial charge in [0.05, 0.1) is 16.7 Å². The van der Waals surface area contributed by atoms with E-state index in [1.165, 1.54) is 22.7 Å². The van der Waals surface area contributed by atoms with Crippen LogP contribution in [0.5, 0.6) is 0 Å². The van der Waals surface area contributed by atoms with Crippen LogP contribution in [0.4, 0.5) is 4.39 Å². The molecule has 0 spiro atoms. The summed E-state index contributed by atoms with van der Waals surface area (Å²) < 4.78 is 12.9. The summed E-state index contributed by atoms with van der Waals surface area (Å²) in [6.07, 6.45) is 0.984. The van der Waals surface area contributed by atoms with Gasteiger partial charge in [-0.15, -0.1) is 11.3 Å². The monoisotopic (exact) mass is 248 g/mol. The van der Waals surface area contributed by atoms with Crippen LogP contribution in [-0.2, 0) is 6.42 Å². The lowest BCUT2D eigenvalue weighted by molar-refractivity contribution is 0.568. The number of nitrogens with zero attached hydrogens (tertiary/aromatic N) is 1. The molecule has 2 nitrogen and oxygen atoms in total. The SMILES string of the molecule is Cc1nc2c(s1)C(c1ccc(F)cc1)NCC2. The third-order valence-corrected chi connectivity index (χ3v) is 4.09. The van der Waals surface area contributed by atoms with E-state index in [9.17, 15) is 4.39 Å². The van der Waals surface area contributed by atoms with Crippen molar-refractivity contribution in [3.8, 4) is 0 Å². The zero-order chi connectivity index (χ0) is 11.8. The molecular weight excluding hydrogens is 235 g/mol. The Hall–Kier alpha value is -1.26. The Kier molecular flexibility index (Phi) is 2.68. The van der Waals surface area contributed by atoms with Gasteiger partial charge < -0.3 is 5.32 Å². The van der Waals surface area contributed by atoms with E-state index in [4.69, 9.17) is 0 Å². The zero-order valence-corrected chi connectivity index (χ0v) is 10.4. The highest BCUT2D eigenvalue weighted by molar-refractivity contribution is 7.11. The molecule has 1 N–H and O–H groups in total. The van der Waals surface area contributed by atoms with Gasteiger partial charge in [-0.05, 0) is 24.6 Å². The lowest BCUT2D eigenvalue weighted by Gasteiger charge is -2.23. The molecule has 0 amide bonds.